The molecule has 18 heavy (non-hydrogen) atoms. The maximum Gasteiger partial charge on any atom is 0.131 e. The van der Waals surface area contributed by atoms with Gasteiger partial charge < -0.3 is 5.32 Å². The molecule has 0 bridgehead atoms. The standard InChI is InChI=1S/C15H17FN2/c1-2-7-17-10-12-5-6-15(16)14(9-12)13-4-3-8-18-11-13/h3-6,8-9,11,17H,2,7,10H2,1H3. The Kier molecular flexibility index (Phi) is 4.42. The first-order chi connectivity index (χ1) is 8.81. The summed E-state index contributed by atoms with van der Waals surface area (Å²) in [4.78, 5) is 4.02. The predicted molar refractivity (Wildman–Crippen MR) is 71.6 cm³/mol. The number of aromatic nitrogens is 1. The van der Waals surface area contributed by atoms with Gasteiger partial charge in [0.1, 0.15) is 5.82 Å². The molecule has 94 valence electrons. The van der Waals surface area contributed by atoms with Crippen LogP contribution in [0.25, 0.3) is 11.1 Å². The molecule has 0 fully saturated rings. The van der Waals surface area contributed by atoms with Crippen molar-refractivity contribution >= 4 is 0 Å². The van der Waals surface area contributed by atoms with Crippen LogP contribution in [0.2, 0.25) is 0 Å². The van der Waals surface area contributed by atoms with Crippen LogP contribution in [0.5, 0.6) is 0 Å². The van der Waals surface area contributed by atoms with Crippen molar-refractivity contribution in [2.45, 2.75) is 19.9 Å². The molecule has 0 aliphatic heterocycles. The molecular weight excluding hydrogens is 227 g/mol. The van der Waals surface area contributed by atoms with Gasteiger partial charge in [0.15, 0.2) is 0 Å². The molecule has 1 heterocycles. The molecule has 0 amide bonds. The van der Waals surface area contributed by atoms with Gasteiger partial charge in [0.05, 0.1) is 0 Å². The van der Waals surface area contributed by atoms with E-state index in [0.717, 1.165) is 30.6 Å². The Balaban J connectivity index is 2.22. The summed E-state index contributed by atoms with van der Waals surface area (Å²) in [5, 5.41) is 3.31. The lowest BCUT2D eigenvalue weighted by Crippen LogP contribution is -2.13. The Bertz CT molecular complexity index is 497. The smallest absolute Gasteiger partial charge is 0.131 e. The van der Waals surface area contributed by atoms with Gasteiger partial charge in [-0.2, -0.15) is 0 Å². The second-order valence-electron chi connectivity index (χ2n) is 4.23. The van der Waals surface area contributed by atoms with E-state index in [9.17, 15) is 4.39 Å². The van der Waals surface area contributed by atoms with Crippen LogP contribution < -0.4 is 5.32 Å². The zero-order chi connectivity index (χ0) is 12.8. The van der Waals surface area contributed by atoms with E-state index in [4.69, 9.17) is 0 Å². The summed E-state index contributed by atoms with van der Waals surface area (Å²) in [5.74, 6) is -0.206. The molecule has 3 heteroatoms. The summed E-state index contributed by atoms with van der Waals surface area (Å²) >= 11 is 0. The molecular formula is C15H17FN2. The SMILES string of the molecule is CCCNCc1ccc(F)c(-c2cccnc2)c1. The maximum atomic E-state index is 13.8. The van der Waals surface area contributed by atoms with E-state index in [1.54, 1.807) is 12.4 Å². The maximum absolute atomic E-state index is 13.8. The van der Waals surface area contributed by atoms with Crippen LogP contribution in [0.4, 0.5) is 4.39 Å². The molecule has 0 unspecified atom stereocenters. The largest absolute Gasteiger partial charge is 0.313 e. The number of rotatable bonds is 5. The van der Waals surface area contributed by atoms with Crippen molar-refractivity contribution in [1.29, 1.82) is 0 Å². The van der Waals surface area contributed by atoms with Gasteiger partial charge in [-0.15, -0.1) is 0 Å². The predicted octanol–water partition coefficient (Wildman–Crippen LogP) is 3.39. The Morgan fingerprint density at radius 3 is 2.89 bits per heavy atom. The highest BCUT2D eigenvalue weighted by Crippen LogP contribution is 2.23. The fraction of sp³-hybridized carbons (Fsp3) is 0.267. The zero-order valence-electron chi connectivity index (χ0n) is 10.5. The van der Waals surface area contributed by atoms with Crippen molar-refractivity contribution in [2.75, 3.05) is 6.54 Å². The molecule has 2 rings (SSSR count). The minimum Gasteiger partial charge on any atom is -0.313 e. The number of hydrogen-bond donors (Lipinski definition) is 1. The molecule has 0 atom stereocenters. The molecule has 1 aromatic heterocycles. The van der Waals surface area contributed by atoms with Crippen molar-refractivity contribution in [3.63, 3.8) is 0 Å². The van der Waals surface area contributed by atoms with Crippen LogP contribution in [0.3, 0.4) is 0 Å². The first-order valence-corrected chi connectivity index (χ1v) is 6.21. The van der Waals surface area contributed by atoms with Crippen molar-refractivity contribution < 1.29 is 4.39 Å². The molecule has 0 aliphatic rings. The van der Waals surface area contributed by atoms with Crippen LogP contribution in [0.15, 0.2) is 42.7 Å². The van der Waals surface area contributed by atoms with Crippen LogP contribution >= 0.6 is 0 Å². The van der Waals surface area contributed by atoms with E-state index in [1.807, 2.05) is 24.3 Å². The highest BCUT2D eigenvalue weighted by molar-refractivity contribution is 5.63. The average molecular weight is 244 g/mol. The molecule has 1 N–H and O–H groups in total. The Morgan fingerprint density at radius 2 is 2.17 bits per heavy atom. The minimum atomic E-state index is -0.206. The van der Waals surface area contributed by atoms with Crippen molar-refractivity contribution in [3.8, 4) is 11.1 Å². The van der Waals surface area contributed by atoms with E-state index in [0.29, 0.717) is 5.56 Å². The van der Waals surface area contributed by atoms with Crippen molar-refractivity contribution in [2.24, 2.45) is 0 Å². The molecule has 0 radical (unpaired) electrons. The topological polar surface area (TPSA) is 24.9 Å². The number of hydrogen-bond acceptors (Lipinski definition) is 2. The first kappa shape index (κ1) is 12.7. The molecule has 2 nitrogen and oxygen atoms in total. The highest BCUT2D eigenvalue weighted by atomic mass is 19.1. The Labute approximate surface area is 107 Å². The summed E-state index contributed by atoms with van der Waals surface area (Å²) in [6.07, 6.45) is 4.46. The van der Waals surface area contributed by atoms with Crippen LogP contribution in [-0.2, 0) is 6.54 Å². The van der Waals surface area contributed by atoms with Gasteiger partial charge in [-0.1, -0.05) is 19.1 Å². The molecule has 0 spiro atoms. The lowest BCUT2D eigenvalue weighted by atomic mass is 10.0. The highest BCUT2D eigenvalue weighted by Gasteiger charge is 2.06. The van der Waals surface area contributed by atoms with E-state index < -0.39 is 0 Å². The van der Waals surface area contributed by atoms with E-state index in [-0.39, 0.29) is 5.82 Å². The van der Waals surface area contributed by atoms with E-state index in [2.05, 4.69) is 17.2 Å². The molecule has 0 saturated carbocycles. The van der Waals surface area contributed by atoms with Gasteiger partial charge in [0, 0.05) is 30.1 Å². The third-order valence-electron chi connectivity index (χ3n) is 2.76. The van der Waals surface area contributed by atoms with Crippen molar-refractivity contribution in [3.05, 3.63) is 54.1 Å². The second kappa shape index (κ2) is 6.26. The lowest BCUT2D eigenvalue weighted by Gasteiger charge is -2.07. The molecule has 0 saturated heterocycles. The minimum absolute atomic E-state index is 0.206. The van der Waals surface area contributed by atoms with Crippen LogP contribution in [0, 0.1) is 5.82 Å². The average Bonchev–Trinajstić information content (AvgIpc) is 2.42. The third-order valence-corrected chi connectivity index (χ3v) is 2.76. The number of halogens is 1. The molecule has 1 aromatic carbocycles. The summed E-state index contributed by atoms with van der Waals surface area (Å²) < 4.78 is 13.8. The fourth-order valence-corrected chi connectivity index (χ4v) is 1.84. The third kappa shape index (κ3) is 3.14. The lowest BCUT2D eigenvalue weighted by molar-refractivity contribution is 0.628. The second-order valence-corrected chi connectivity index (χ2v) is 4.23. The summed E-state index contributed by atoms with van der Waals surface area (Å²) in [7, 11) is 0. The normalized spacial score (nSPS) is 10.6. The first-order valence-electron chi connectivity index (χ1n) is 6.21. The summed E-state index contributed by atoms with van der Waals surface area (Å²) in [6.45, 7) is 3.86. The van der Waals surface area contributed by atoms with Crippen molar-refractivity contribution in [1.82, 2.24) is 10.3 Å². The van der Waals surface area contributed by atoms with Gasteiger partial charge in [-0.3, -0.25) is 4.98 Å². The summed E-state index contributed by atoms with van der Waals surface area (Å²) in [5.41, 5.74) is 2.51. The van der Waals surface area contributed by atoms with Gasteiger partial charge >= 0.3 is 0 Å². The van der Waals surface area contributed by atoms with Gasteiger partial charge in [-0.05, 0) is 36.7 Å². The van der Waals surface area contributed by atoms with Gasteiger partial charge in [0.2, 0.25) is 0 Å². The molecule has 0 aliphatic carbocycles. The summed E-state index contributed by atoms with van der Waals surface area (Å²) in [6, 6.07) is 8.91. The quantitative estimate of drug-likeness (QED) is 0.815. The number of nitrogens with one attached hydrogen (secondary N) is 1. The van der Waals surface area contributed by atoms with Crippen LogP contribution in [-0.4, -0.2) is 11.5 Å². The number of pyridine rings is 1. The van der Waals surface area contributed by atoms with Gasteiger partial charge in [0.25, 0.3) is 0 Å². The van der Waals surface area contributed by atoms with E-state index >= 15 is 0 Å². The fourth-order valence-electron chi connectivity index (χ4n) is 1.84. The molecule has 2 aromatic rings. The van der Waals surface area contributed by atoms with Crippen LogP contribution in [0.1, 0.15) is 18.9 Å². The number of nitrogens with zero attached hydrogens (tertiary/aromatic N) is 1. The Morgan fingerprint density at radius 1 is 1.28 bits per heavy atom. The monoisotopic (exact) mass is 244 g/mol. The Hall–Kier alpha value is -1.74. The zero-order valence-corrected chi connectivity index (χ0v) is 10.5. The van der Waals surface area contributed by atoms with E-state index in [1.165, 1.54) is 6.07 Å². The number of benzene rings is 1. The van der Waals surface area contributed by atoms with Gasteiger partial charge in [-0.25, -0.2) is 4.39 Å².